The standard InChI is InChI=1S/C11H14B2O3S2/c1-12-17-15-10-6-5-9(4-3-7-14)8-11(10)16-18-13-2/h3-8,12-13H,1-2H3/b4-3+/i12D,13D. The SMILES string of the molecule is [2H]B(C)SOc1ccc(/C=C/C=O)cc1OSB([2H])C. The summed E-state index contributed by atoms with van der Waals surface area (Å²) in [5.41, 5.74) is 0.793. The maximum Gasteiger partial charge on any atom is 0.242 e. The van der Waals surface area contributed by atoms with Gasteiger partial charge in [0.25, 0.3) is 0 Å². The second-order valence-electron chi connectivity index (χ2n) is 3.03. The molecule has 0 aliphatic heterocycles. The van der Waals surface area contributed by atoms with E-state index in [0.717, 1.165) is 29.4 Å². The summed E-state index contributed by atoms with van der Waals surface area (Å²) >= 11 is 2.02. The average Bonchev–Trinajstić information content (AvgIpc) is 2.41. The number of hydrogen-bond acceptors (Lipinski definition) is 5. The fraction of sp³-hybridized carbons (Fsp3) is 0.182. The van der Waals surface area contributed by atoms with Crippen LogP contribution >= 0.6 is 23.8 Å². The van der Waals surface area contributed by atoms with E-state index in [4.69, 9.17) is 11.0 Å². The largest absolute Gasteiger partial charge is 0.434 e. The molecule has 0 N–H and O–H groups in total. The Bertz CT molecular complexity index is 473. The predicted octanol–water partition coefficient (Wildman–Crippen LogP) is 2.75. The number of allylic oxidation sites excluding steroid dienone is 1. The van der Waals surface area contributed by atoms with Crippen LogP contribution in [0.15, 0.2) is 24.3 Å². The highest BCUT2D eigenvalue weighted by Crippen LogP contribution is 2.33. The van der Waals surface area contributed by atoms with Gasteiger partial charge in [0, 0.05) is 0 Å². The molecule has 0 aromatic heterocycles. The normalized spacial score (nSPS) is 11.7. The van der Waals surface area contributed by atoms with Crippen LogP contribution in [0.5, 0.6) is 11.5 Å². The molecular weight excluding hydrogens is 266 g/mol. The highest BCUT2D eigenvalue weighted by molar-refractivity contribution is 8.19. The molecule has 0 unspecified atom stereocenters. The zero-order valence-corrected chi connectivity index (χ0v) is 11.8. The van der Waals surface area contributed by atoms with Gasteiger partial charge in [0.05, 0.1) is 0 Å². The van der Waals surface area contributed by atoms with Crippen LogP contribution in [0.1, 0.15) is 5.56 Å². The van der Waals surface area contributed by atoms with Crippen molar-refractivity contribution in [3.63, 3.8) is 0 Å². The molecule has 0 saturated carbocycles. The minimum absolute atomic E-state index is 0.416. The maximum atomic E-state index is 10.3. The van der Waals surface area contributed by atoms with Gasteiger partial charge in [-0.25, -0.2) is 0 Å². The van der Waals surface area contributed by atoms with Gasteiger partial charge in [-0.05, 0) is 50.2 Å². The average molecular weight is 282 g/mol. The Balaban J connectivity index is 2.89. The topological polar surface area (TPSA) is 35.5 Å². The Hall–Kier alpha value is -0.940. The van der Waals surface area contributed by atoms with Gasteiger partial charge in [-0.3, -0.25) is 4.79 Å². The number of hydrogen-bond donors (Lipinski definition) is 0. The van der Waals surface area contributed by atoms with Gasteiger partial charge in [0.1, 0.15) is 6.29 Å². The molecule has 0 aliphatic rings. The molecule has 0 atom stereocenters. The minimum Gasteiger partial charge on any atom is -0.434 e. The van der Waals surface area contributed by atoms with Crippen LogP contribution in [0.3, 0.4) is 0 Å². The zero-order valence-electron chi connectivity index (χ0n) is 12.2. The second kappa shape index (κ2) is 9.05. The summed E-state index contributed by atoms with van der Waals surface area (Å²) in [6.07, 6.45) is 3.74. The van der Waals surface area contributed by atoms with Crippen LogP contribution in [0.4, 0.5) is 0 Å². The summed E-state index contributed by atoms with van der Waals surface area (Å²) in [6.45, 7) is 2.55. The third kappa shape index (κ3) is 5.14. The third-order valence-electron chi connectivity index (χ3n) is 1.80. The van der Waals surface area contributed by atoms with Crippen LogP contribution in [-0.2, 0) is 4.79 Å². The van der Waals surface area contributed by atoms with Gasteiger partial charge in [0.2, 0.25) is 13.0 Å². The fourth-order valence-electron chi connectivity index (χ4n) is 1.11. The lowest BCUT2D eigenvalue weighted by Crippen LogP contribution is -1.91. The van der Waals surface area contributed by atoms with E-state index >= 15 is 0 Å². The molecule has 0 fully saturated rings. The van der Waals surface area contributed by atoms with E-state index in [1.165, 1.54) is 6.08 Å². The van der Waals surface area contributed by atoms with E-state index in [1.54, 1.807) is 37.9 Å². The summed E-state index contributed by atoms with van der Waals surface area (Å²) in [5, 5.41) is 0. The second-order valence-corrected chi connectivity index (χ2v) is 4.69. The molecule has 0 bridgehead atoms. The first kappa shape index (κ1) is 12.1. The summed E-state index contributed by atoms with van der Waals surface area (Å²) in [4.78, 5) is 10.3. The monoisotopic (exact) mass is 282 g/mol. The Morgan fingerprint density at radius 2 is 1.89 bits per heavy atom. The highest BCUT2D eigenvalue weighted by atomic mass is 32.2. The quantitative estimate of drug-likeness (QED) is 0.317. The van der Waals surface area contributed by atoms with Crippen molar-refractivity contribution in [2.45, 2.75) is 13.6 Å². The van der Waals surface area contributed by atoms with Gasteiger partial charge < -0.3 is 8.37 Å². The van der Waals surface area contributed by atoms with Gasteiger partial charge in [0.15, 0.2) is 11.5 Å². The van der Waals surface area contributed by atoms with Gasteiger partial charge in [-0.1, -0.05) is 25.8 Å². The van der Waals surface area contributed by atoms with Crippen LogP contribution < -0.4 is 8.37 Å². The van der Waals surface area contributed by atoms with E-state index in [1.807, 2.05) is 0 Å². The number of rotatable bonds is 8. The number of aldehydes is 1. The maximum absolute atomic E-state index is 10.3. The molecule has 18 heavy (non-hydrogen) atoms. The van der Waals surface area contributed by atoms with Crippen molar-refractivity contribution in [1.29, 1.82) is 2.67 Å². The molecule has 1 rings (SSSR count). The van der Waals surface area contributed by atoms with Crippen LogP contribution in [0, 0.1) is 0 Å². The van der Waals surface area contributed by atoms with Crippen LogP contribution in [-0.4, -0.2) is 22.0 Å². The van der Waals surface area contributed by atoms with Crippen LogP contribution in [0.2, 0.25) is 13.6 Å². The zero-order chi connectivity index (χ0) is 15.0. The summed E-state index contributed by atoms with van der Waals surface area (Å²) in [7, 11) is 0. The van der Waals surface area contributed by atoms with E-state index in [2.05, 4.69) is 0 Å². The third-order valence-corrected chi connectivity index (χ3v) is 2.74. The van der Waals surface area contributed by atoms with Crippen LogP contribution in [0.25, 0.3) is 6.08 Å². The molecule has 0 spiro atoms. The first-order chi connectivity index (χ1) is 9.52. The van der Waals surface area contributed by atoms with Crippen molar-refractivity contribution in [1.82, 2.24) is 0 Å². The molecule has 0 amide bonds. The molecule has 0 saturated heterocycles. The lowest BCUT2D eigenvalue weighted by molar-refractivity contribution is -0.104. The van der Waals surface area contributed by atoms with Gasteiger partial charge in [-0.2, -0.15) is 0 Å². The van der Waals surface area contributed by atoms with E-state index in [0.29, 0.717) is 17.8 Å². The van der Waals surface area contributed by atoms with Gasteiger partial charge >= 0.3 is 0 Å². The van der Waals surface area contributed by atoms with Crippen molar-refractivity contribution >= 4 is 49.2 Å². The first-order valence-electron chi connectivity index (χ1n) is 6.45. The molecule has 0 radical (unpaired) electrons. The number of carbonyl (C=O) groups is 1. The Kier molecular flexibility index (Phi) is 6.09. The molecule has 94 valence electrons. The smallest absolute Gasteiger partial charge is 0.242 e. The fourth-order valence-corrected chi connectivity index (χ4v) is 1.78. The van der Waals surface area contributed by atoms with E-state index in [9.17, 15) is 4.79 Å². The summed E-state index contributed by atoms with van der Waals surface area (Å²) in [6, 6.07) is 5.22. The molecule has 3 nitrogen and oxygen atoms in total. The molecule has 7 heteroatoms. The molecule has 1 aromatic rings. The highest BCUT2D eigenvalue weighted by Gasteiger charge is 2.07. The number of carbonyl (C=O) groups excluding carboxylic acids is 1. The number of benzene rings is 1. The van der Waals surface area contributed by atoms with Crippen molar-refractivity contribution in [3.05, 3.63) is 29.8 Å². The van der Waals surface area contributed by atoms with Crippen molar-refractivity contribution in [2.24, 2.45) is 0 Å². The Morgan fingerprint density at radius 3 is 2.50 bits per heavy atom. The van der Waals surface area contributed by atoms with Crippen molar-refractivity contribution in [3.8, 4) is 11.5 Å². The Labute approximate surface area is 120 Å². The lowest BCUT2D eigenvalue weighted by Gasteiger charge is -2.10. The summed E-state index contributed by atoms with van der Waals surface area (Å²) < 4.78 is 25.7. The van der Waals surface area contributed by atoms with E-state index in [-0.39, 0.29) is 0 Å². The molecule has 0 heterocycles. The molecule has 0 aliphatic carbocycles. The minimum atomic E-state index is -0.431. The molecule has 1 aromatic carbocycles. The predicted molar refractivity (Wildman–Crippen MR) is 84.0 cm³/mol. The van der Waals surface area contributed by atoms with E-state index < -0.39 is 13.0 Å². The summed E-state index contributed by atoms with van der Waals surface area (Å²) in [5.74, 6) is 0.959. The first-order valence-corrected chi connectivity index (χ1v) is 6.91. The Morgan fingerprint density at radius 1 is 1.22 bits per heavy atom. The van der Waals surface area contributed by atoms with Gasteiger partial charge in [-0.15, -0.1) is 0 Å². The van der Waals surface area contributed by atoms with Crippen molar-refractivity contribution < 1.29 is 13.2 Å². The van der Waals surface area contributed by atoms with Crippen molar-refractivity contribution in [2.75, 3.05) is 0 Å². The lowest BCUT2D eigenvalue weighted by atomic mass is 10.2. The molecular formula is C11H14B2O3S2.